The van der Waals surface area contributed by atoms with Gasteiger partial charge in [-0.15, -0.1) is 0 Å². The topological polar surface area (TPSA) is 114 Å². The lowest BCUT2D eigenvalue weighted by atomic mass is 9.40. The summed E-state index contributed by atoms with van der Waals surface area (Å²) in [5, 5.41) is 23.2. The van der Waals surface area contributed by atoms with Crippen LogP contribution in [0.5, 0.6) is 0 Å². The van der Waals surface area contributed by atoms with Crippen LogP contribution in [0.1, 0.15) is 56.7 Å². The molecule has 1 aromatic heterocycles. The van der Waals surface area contributed by atoms with Crippen molar-refractivity contribution >= 4 is 17.5 Å². The van der Waals surface area contributed by atoms with Gasteiger partial charge in [0.05, 0.1) is 23.2 Å². The molecule has 7 nitrogen and oxygen atoms in total. The van der Waals surface area contributed by atoms with Crippen LogP contribution in [-0.2, 0) is 20.7 Å². The second kappa shape index (κ2) is 5.76. The molecule has 0 bridgehead atoms. The molecule has 1 heterocycles. The maximum absolute atomic E-state index is 13.3. The molecular weight excluding hydrogens is 364 g/mol. The summed E-state index contributed by atoms with van der Waals surface area (Å²) in [5.41, 5.74) is -3.66. The van der Waals surface area contributed by atoms with Crippen LogP contribution in [0.4, 0.5) is 0 Å². The summed E-state index contributed by atoms with van der Waals surface area (Å²) in [7, 11) is 0. The molecule has 0 spiro atoms. The summed E-state index contributed by atoms with van der Waals surface area (Å²) >= 11 is 0. The highest BCUT2D eigenvalue weighted by atomic mass is 16.6. The Hall–Kier alpha value is -1.99. The van der Waals surface area contributed by atoms with Crippen LogP contribution in [0.15, 0.2) is 16.7 Å². The van der Waals surface area contributed by atoms with E-state index in [9.17, 15) is 24.6 Å². The zero-order chi connectivity index (χ0) is 20.6. The van der Waals surface area contributed by atoms with E-state index in [1.807, 2.05) is 13.8 Å². The Morgan fingerprint density at radius 2 is 1.96 bits per heavy atom. The third kappa shape index (κ3) is 2.09. The van der Waals surface area contributed by atoms with Crippen LogP contribution in [0.2, 0.25) is 0 Å². The van der Waals surface area contributed by atoms with Gasteiger partial charge in [-0.2, -0.15) is 0 Å². The van der Waals surface area contributed by atoms with Crippen LogP contribution in [0.3, 0.4) is 0 Å². The normalized spacial score (nSPS) is 41.6. The van der Waals surface area contributed by atoms with Gasteiger partial charge < -0.3 is 19.4 Å². The number of hydrogen-bond acceptors (Lipinski definition) is 7. The predicted octanol–water partition coefficient (Wildman–Crippen LogP) is 1.68. The number of ketones is 2. The summed E-state index contributed by atoms with van der Waals surface area (Å²) in [6.45, 7) is 6.46. The number of furan rings is 1. The third-order valence-corrected chi connectivity index (χ3v) is 7.66. The Morgan fingerprint density at radius 3 is 2.61 bits per heavy atom. The zero-order valence-corrected chi connectivity index (χ0v) is 16.5. The van der Waals surface area contributed by atoms with Crippen molar-refractivity contribution < 1.29 is 33.8 Å². The van der Waals surface area contributed by atoms with Gasteiger partial charge in [0.15, 0.2) is 11.9 Å². The van der Waals surface area contributed by atoms with E-state index in [0.717, 1.165) is 0 Å². The first-order chi connectivity index (χ1) is 13.0. The second-order valence-corrected chi connectivity index (χ2v) is 9.25. The largest absolute Gasteiger partial charge is 0.469 e. The van der Waals surface area contributed by atoms with Crippen molar-refractivity contribution in [2.24, 2.45) is 22.7 Å². The van der Waals surface area contributed by atoms with Crippen molar-refractivity contribution in [1.82, 2.24) is 0 Å². The van der Waals surface area contributed by atoms with E-state index in [1.165, 1.54) is 13.2 Å². The third-order valence-electron chi connectivity index (χ3n) is 7.66. The van der Waals surface area contributed by atoms with Gasteiger partial charge in [0, 0.05) is 19.8 Å². The van der Waals surface area contributed by atoms with Crippen LogP contribution >= 0.6 is 0 Å². The average Bonchev–Trinajstić information content (AvgIpc) is 3.09. The molecule has 3 aliphatic carbocycles. The Balaban J connectivity index is 1.97. The summed E-state index contributed by atoms with van der Waals surface area (Å²) in [4.78, 5) is 38.3. The fraction of sp³-hybridized carbons (Fsp3) is 0.667. The molecule has 0 saturated heterocycles. The monoisotopic (exact) mass is 390 g/mol. The summed E-state index contributed by atoms with van der Waals surface area (Å²) in [5.74, 6) is -2.36. The fourth-order valence-corrected chi connectivity index (χ4v) is 6.09. The molecule has 0 aliphatic heterocycles. The Labute approximate surface area is 163 Å². The maximum Gasteiger partial charge on any atom is 0.303 e. The molecule has 0 unspecified atom stereocenters. The molecule has 4 rings (SSSR count). The summed E-state index contributed by atoms with van der Waals surface area (Å²) in [6.07, 6.45) is -0.502. The molecule has 3 aliphatic rings. The van der Waals surface area contributed by atoms with Gasteiger partial charge in [-0.1, -0.05) is 13.8 Å². The number of aliphatic hydroxyl groups excluding tert-OH is 1. The van der Waals surface area contributed by atoms with Crippen LogP contribution in [0, 0.1) is 22.7 Å². The summed E-state index contributed by atoms with van der Waals surface area (Å²) < 4.78 is 10.9. The van der Waals surface area contributed by atoms with E-state index >= 15 is 0 Å². The van der Waals surface area contributed by atoms with E-state index < -0.39 is 46.4 Å². The van der Waals surface area contributed by atoms with Gasteiger partial charge in [-0.05, 0) is 30.7 Å². The summed E-state index contributed by atoms with van der Waals surface area (Å²) in [6, 6.07) is 1.55. The van der Waals surface area contributed by atoms with Crippen LogP contribution in [-0.4, -0.2) is 45.6 Å². The van der Waals surface area contributed by atoms with Gasteiger partial charge in [0.1, 0.15) is 23.2 Å². The highest BCUT2D eigenvalue weighted by Crippen LogP contribution is 2.64. The SMILES string of the molecule is CC(=O)O[C@H]1[C@H](O)[C@H]2C(=O)c3ccoc3C[C@@H]2[C@@]2(C)C(=O)CCC(C)(C)[C@]12O. The van der Waals surface area contributed by atoms with Crippen molar-refractivity contribution in [3.05, 3.63) is 23.7 Å². The second-order valence-electron chi connectivity index (χ2n) is 9.25. The first-order valence-corrected chi connectivity index (χ1v) is 9.68. The highest BCUT2D eigenvalue weighted by molar-refractivity contribution is 6.02. The molecule has 2 fully saturated rings. The molecule has 28 heavy (non-hydrogen) atoms. The van der Waals surface area contributed by atoms with Gasteiger partial charge in [-0.3, -0.25) is 14.4 Å². The highest BCUT2D eigenvalue weighted by Gasteiger charge is 2.76. The molecule has 6 atom stereocenters. The smallest absolute Gasteiger partial charge is 0.303 e. The Bertz CT molecular complexity index is 868. The van der Waals surface area contributed by atoms with E-state index in [1.54, 1.807) is 13.0 Å². The van der Waals surface area contributed by atoms with Gasteiger partial charge in [0.25, 0.3) is 0 Å². The number of fused-ring (bicyclic) bond motifs is 4. The van der Waals surface area contributed by atoms with Crippen molar-refractivity contribution in [3.8, 4) is 0 Å². The quantitative estimate of drug-likeness (QED) is 0.701. The van der Waals surface area contributed by atoms with E-state index in [-0.39, 0.29) is 24.4 Å². The van der Waals surface area contributed by atoms with Gasteiger partial charge >= 0.3 is 5.97 Å². The Morgan fingerprint density at radius 1 is 1.29 bits per heavy atom. The van der Waals surface area contributed by atoms with Gasteiger partial charge in [-0.25, -0.2) is 0 Å². The van der Waals surface area contributed by atoms with Crippen molar-refractivity contribution in [3.63, 3.8) is 0 Å². The zero-order valence-electron chi connectivity index (χ0n) is 16.5. The minimum Gasteiger partial charge on any atom is -0.469 e. The molecule has 0 amide bonds. The molecule has 2 saturated carbocycles. The lowest BCUT2D eigenvalue weighted by molar-refractivity contribution is -0.294. The van der Waals surface area contributed by atoms with Crippen LogP contribution in [0.25, 0.3) is 0 Å². The molecule has 0 radical (unpaired) electrons. The lowest BCUT2D eigenvalue weighted by Crippen LogP contribution is -2.79. The van der Waals surface area contributed by atoms with Gasteiger partial charge in [0.2, 0.25) is 0 Å². The van der Waals surface area contributed by atoms with Crippen molar-refractivity contribution in [2.45, 2.75) is 64.8 Å². The number of carbonyl (C=O) groups is 3. The van der Waals surface area contributed by atoms with Crippen molar-refractivity contribution in [2.75, 3.05) is 0 Å². The molecule has 152 valence electrons. The van der Waals surface area contributed by atoms with E-state index in [0.29, 0.717) is 17.7 Å². The number of esters is 1. The van der Waals surface area contributed by atoms with E-state index in [4.69, 9.17) is 9.15 Å². The molecular formula is C21H26O7. The first kappa shape index (κ1) is 19.3. The molecule has 1 aromatic rings. The Kier molecular flexibility index (Phi) is 3.98. The number of hydrogen-bond donors (Lipinski definition) is 2. The number of carbonyl (C=O) groups excluding carboxylic acids is 3. The van der Waals surface area contributed by atoms with Crippen molar-refractivity contribution in [1.29, 1.82) is 0 Å². The standard InChI is InChI=1S/C21H26O7/c1-10(22)28-18-17(25)15-12(9-13-11(16(15)24)6-8-27-13)20(4)14(23)5-7-19(2,3)21(18,20)26/h6,8,12,15,17-18,25-26H,5,7,9H2,1-4H3/t12-,15+,17+,18-,20-,21+/m0/s1. The minimum atomic E-state index is -1.83. The minimum absolute atomic E-state index is 0.184. The van der Waals surface area contributed by atoms with Crippen LogP contribution < -0.4 is 0 Å². The van der Waals surface area contributed by atoms with E-state index in [2.05, 4.69) is 0 Å². The lowest BCUT2D eigenvalue weighted by Gasteiger charge is -2.66. The predicted molar refractivity (Wildman–Crippen MR) is 96.4 cm³/mol. The number of rotatable bonds is 1. The molecule has 0 aromatic carbocycles. The average molecular weight is 390 g/mol. The number of Topliss-reactive ketones (excluding diaryl/α,β-unsaturated/α-hetero) is 2. The molecule has 7 heteroatoms. The number of aliphatic hydroxyl groups is 2. The molecule has 2 N–H and O–H groups in total. The first-order valence-electron chi connectivity index (χ1n) is 9.68. The maximum atomic E-state index is 13.3. The number of ether oxygens (including phenoxy) is 1. The fourth-order valence-electron chi connectivity index (χ4n) is 6.09.